The zero-order valence-electron chi connectivity index (χ0n) is 16.5. The molecule has 4 N–H and O–H groups in total. The molecule has 0 aliphatic rings. The number of aromatic amines is 1. The quantitative estimate of drug-likeness (QED) is 0.541. The van der Waals surface area contributed by atoms with Crippen molar-refractivity contribution in [2.24, 2.45) is 5.73 Å². The Kier molecular flexibility index (Phi) is 6.24. The molecule has 148 valence electrons. The van der Waals surface area contributed by atoms with Crippen LogP contribution in [0.25, 0.3) is 17.3 Å². The van der Waals surface area contributed by atoms with Crippen LogP contribution in [0.15, 0.2) is 60.7 Å². The monoisotopic (exact) mass is 388 g/mol. The van der Waals surface area contributed by atoms with E-state index >= 15 is 0 Å². The molecule has 2 aromatic carbocycles. The number of nitrogens with zero attached hydrogens (tertiary/aromatic N) is 1. The molecule has 0 radical (unpaired) electrons. The minimum absolute atomic E-state index is 0.0267. The number of amides is 2. The molecule has 0 saturated carbocycles. The fourth-order valence-electron chi connectivity index (χ4n) is 2.93. The van der Waals surface area contributed by atoms with Crippen LogP contribution >= 0.6 is 0 Å². The van der Waals surface area contributed by atoms with Crippen LogP contribution in [0.2, 0.25) is 0 Å². The highest BCUT2D eigenvalue weighted by Crippen LogP contribution is 2.23. The van der Waals surface area contributed by atoms with Gasteiger partial charge in [-0.05, 0) is 31.1 Å². The van der Waals surface area contributed by atoms with Crippen LogP contribution in [0.1, 0.15) is 41.3 Å². The third-order valence-corrected chi connectivity index (χ3v) is 4.24. The van der Waals surface area contributed by atoms with E-state index in [1.54, 1.807) is 6.08 Å². The SMILES string of the molecule is CC(C)NC(=O)c1[nH]c(Cc2ccc(/C=C/C(N)=O)cc2)nc1-c1ccccc1. The van der Waals surface area contributed by atoms with Crippen molar-refractivity contribution in [1.29, 1.82) is 0 Å². The molecule has 29 heavy (non-hydrogen) atoms. The van der Waals surface area contributed by atoms with E-state index in [1.165, 1.54) is 6.08 Å². The second-order valence-electron chi connectivity index (χ2n) is 7.06. The molecule has 0 unspecified atom stereocenters. The molecule has 1 aromatic heterocycles. The number of imidazole rings is 1. The highest BCUT2D eigenvalue weighted by Gasteiger charge is 2.19. The summed E-state index contributed by atoms with van der Waals surface area (Å²) in [6, 6.07) is 17.4. The van der Waals surface area contributed by atoms with E-state index < -0.39 is 5.91 Å². The zero-order chi connectivity index (χ0) is 20.8. The number of carbonyl (C=O) groups is 2. The van der Waals surface area contributed by atoms with Gasteiger partial charge in [-0.1, -0.05) is 54.6 Å². The van der Waals surface area contributed by atoms with Crippen LogP contribution in [-0.2, 0) is 11.2 Å². The maximum Gasteiger partial charge on any atom is 0.270 e. The van der Waals surface area contributed by atoms with E-state index in [0.29, 0.717) is 23.6 Å². The van der Waals surface area contributed by atoms with Crippen molar-refractivity contribution in [3.05, 3.63) is 83.3 Å². The lowest BCUT2D eigenvalue weighted by Crippen LogP contribution is -2.30. The van der Waals surface area contributed by atoms with E-state index in [9.17, 15) is 9.59 Å². The van der Waals surface area contributed by atoms with Gasteiger partial charge in [0, 0.05) is 24.1 Å². The summed E-state index contributed by atoms with van der Waals surface area (Å²) in [5, 5.41) is 2.92. The Balaban J connectivity index is 1.87. The maximum absolute atomic E-state index is 12.7. The molecule has 6 nitrogen and oxygen atoms in total. The summed E-state index contributed by atoms with van der Waals surface area (Å²) < 4.78 is 0. The van der Waals surface area contributed by atoms with Crippen molar-refractivity contribution >= 4 is 17.9 Å². The molecular weight excluding hydrogens is 364 g/mol. The lowest BCUT2D eigenvalue weighted by atomic mass is 10.1. The first-order valence-corrected chi connectivity index (χ1v) is 9.44. The van der Waals surface area contributed by atoms with Gasteiger partial charge in [-0.2, -0.15) is 0 Å². The van der Waals surface area contributed by atoms with Crippen molar-refractivity contribution in [2.45, 2.75) is 26.3 Å². The van der Waals surface area contributed by atoms with Crippen molar-refractivity contribution in [3.8, 4) is 11.3 Å². The van der Waals surface area contributed by atoms with Gasteiger partial charge in [0.05, 0.1) is 0 Å². The van der Waals surface area contributed by atoms with Gasteiger partial charge in [-0.15, -0.1) is 0 Å². The average Bonchev–Trinajstić information content (AvgIpc) is 3.11. The van der Waals surface area contributed by atoms with Gasteiger partial charge in [-0.3, -0.25) is 9.59 Å². The Morgan fingerprint density at radius 2 is 1.79 bits per heavy atom. The molecule has 6 heteroatoms. The van der Waals surface area contributed by atoms with Crippen molar-refractivity contribution < 1.29 is 9.59 Å². The van der Waals surface area contributed by atoms with E-state index in [0.717, 1.165) is 16.7 Å². The summed E-state index contributed by atoms with van der Waals surface area (Å²) >= 11 is 0. The molecular formula is C23H24N4O2. The molecule has 1 heterocycles. The summed E-state index contributed by atoms with van der Waals surface area (Å²) in [5.41, 5.74) is 9.02. The number of primary amides is 1. The number of hydrogen-bond donors (Lipinski definition) is 3. The summed E-state index contributed by atoms with van der Waals surface area (Å²) in [6.07, 6.45) is 3.54. The predicted octanol–water partition coefficient (Wildman–Crippen LogP) is 3.30. The number of hydrogen-bond acceptors (Lipinski definition) is 3. The summed E-state index contributed by atoms with van der Waals surface area (Å²) in [7, 11) is 0. The van der Waals surface area contributed by atoms with Crippen molar-refractivity contribution in [3.63, 3.8) is 0 Å². The second kappa shape index (κ2) is 9.01. The second-order valence-corrected chi connectivity index (χ2v) is 7.06. The van der Waals surface area contributed by atoms with E-state index in [2.05, 4.69) is 10.3 Å². The highest BCUT2D eigenvalue weighted by atomic mass is 16.2. The first kappa shape index (κ1) is 20.1. The number of rotatable bonds is 7. The molecule has 0 aliphatic heterocycles. The Morgan fingerprint density at radius 3 is 2.41 bits per heavy atom. The molecule has 0 spiro atoms. The van der Waals surface area contributed by atoms with E-state index in [-0.39, 0.29) is 11.9 Å². The Labute approximate surface area is 169 Å². The van der Waals surface area contributed by atoms with Gasteiger partial charge in [-0.25, -0.2) is 4.98 Å². The van der Waals surface area contributed by atoms with E-state index in [4.69, 9.17) is 10.7 Å². The fraction of sp³-hybridized carbons (Fsp3) is 0.174. The Bertz CT molecular complexity index is 1020. The first-order chi connectivity index (χ1) is 13.9. The van der Waals surface area contributed by atoms with Crippen LogP contribution in [0.4, 0.5) is 0 Å². The summed E-state index contributed by atoms with van der Waals surface area (Å²) in [5.74, 6) is 0.0491. The van der Waals surface area contributed by atoms with Gasteiger partial charge < -0.3 is 16.0 Å². The smallest absolute Gasteiger partial charge is 0.270 e. The molecule has 0 atom stereocenters. The zero-order valence-corrected chi connectivity index (χ0v) is 16.5. The molecule has 0 aliphatic carbocycles. The van der Waals surface area contributed by atoms with Crippen molar-refractivity contribution in [2.75, 3.05) is 0 Å². The molecule has 3 aromatic rings. The lowest BCUT2D eigenvalue weighted by Gasteiger charge is -2.08. The Morgan fingerprint density at radius 1 is 1.10 bits per heavy atom. The topological polar surface area (TPSA) is 101 Å². The lowest BCUT2D eigenvalue weighted by molar-refractivity contribution is -0.113. The maximum atomic E-state index is 12.7. The fourth-order valence-corrected chi connectivity index (χ4v) is 2.93. The molecule has 2 amide bonds. The minimum atomic E-state index is -0.481. The van der Waals surface area contributed by atoms with Gasteiger partial charge in [0.25, 0.3) is 5.91 Å². The third kappa shape index (κ3) is 5.42. The van der Waals surface area contributed by atoms with Crippen LogP contribution in [0.3, 0.4) is 0 Å². The number of nitrogens with two attached hydrogens (primary N) is 1. The summed E-state index contributed by atoms with van der Waals surface area (Å²) in [6.45, 7) is 3.84. The van der Waals surface area contributed by atoms with Crippen molar-refractivity contribution in [1.82, 2.24) is 15.3 Å². The molecule has 0 bridgehead atoms. The molecule has 0 saturated heterocycles. The van der Waals surface area contributed by atoms with Crippen LogP contribution in [0.5, 0.6) is 0 Å². The van der Waals surface area contributed by atoms with Gasteiger partial charge in [0.15, 0.2) is 0 Å². The molecule has 3 rings (SSSR count). The summed E-state index contributed by atoms with van der Waals surface area (Å²) in [4.78, 5) is 31.4. The van der Waals surface area contributed by atoms with Gasteiger partial charge in [0.1, 0.15) is 17.2 Å². The highest BCUT2D eigenvalue weighted by molar-refractivity contribution is 5.98. The number of carbonyl (C=O) groups excluding carboxylic acids is 2. The minimum Gasteiger partial charge on any atom is -0.366 e. The standard InChI is InChI=1S/C23H24N4O2/c1-15(2)25-23(29)22-21(18-6-4-3-5-7-18)26-20(27-22)14-17-10-8-16(9-11-17)12-13-19(24)28/h3-13,15H,14H2,1-2H3,(H2,24,28)(H,25,29)(H,26,27)/b13-12+. The average molecular weight is 388 g/mol. The van der Waals surface area contributed by atoms with Crippen LogP contribution in [-0.4, -0.2) is 27.8 Å². The third-order valence-electron chi connectivity index (χ3n) is 4.24. The van der Waals surface area contributed by atoms with E-state index in [1.807, 2.05) is 68.4 Å². The van der Waals surface area contributed by atoms with Crippen LogP contribution < -0.4 is 11.1 Å². The Hall–Kier alpha value is -3.67. The predicted molar refractivity (Wildman–Crippen MR) is 114 cm³/mol. The van der Waals surface area contributed by atoms with Crippen LogP contribution in [0, 0.1) is 0 Å². The first-order valence-electron chi connectivity index (χ1n) is 9.44. The number of nitrogens with one attached hydrogen (secondary N) is 2. The largest absolute Gasteiger partial charge is 0.366 e. The van der Waals surface area contributed by atoms with Gasteiger partial charge in [0.2, 0.25) is 5.91 Å². The normalized spacial score (nSPS) is 11.1. The number of H-pyrrole nitrogens is 1. The van der Waals surface area contributed by atoms with Gasteiger partial charge >= 0.3 is 0 Å². The molecule has 0 fully saturated rings. The number of aromatic nitrogens is 2. The number of benzene rings is 2.